The Morgan fingerprint density at radius 2 is 1.00 bits per heavy atom. The third-order valence-corrected chi connectivity index (χ3v) is 5.99. The molecular weight excluding hydrogens is 774 g/mol. The van der Waals surface area contributed by atoms with E-state index in [1.54, 1.807) is 0 Å². The van der Waals surface area contributed by atoms with Crippen molar-refractivity contribution >= 4 is 112 Å². The van der Waals surface area contributed by atoms with Gasteiger partial charge < -0.3 is 0 Å². The number of benzene rings is 2. The number of aryl methyl sites for hydroxylation is 2. The first kappa shape index (κ1) is 29.3. The molecule has 0 amide bonds. The van der Waals surface area contributed by atoms with Gasteiger partial charge in [-0.2, -0.15) is 12.1 Å². The van der Waals surface area contributed by atoms with Crippen LogP contribution in [0.25, 0.3) is 21.5 Å². The monoisotopic (exact) mass is 788 g/mol. The topological polar surface area (TPSA) is 0 Å². The molecule has 0 aliphatic carbocycles. The predicted octanol–water partition coefficient (Wildman–Crippen LogP) is 10.9. The van der Waals surface area contributed by atoms with Crippen LogP contribution in [0.5, 0.6) is 0 Å². The first-order chi connectivity index (χ1) is 14.2. The van der Waals surface area contributed by atoms with Crippen LogP contribution in [0.3, 0.4) is 0 Å². The molecule has 0 aliphatic rings. The van der Waals surface area contributed by atoms with Crippen molar-refractivity contribution in [3.05, 3.63) is 77.5 Å². The van der Waals surface area contributed by atoms with E-state index in [2.05, 4.69) is 139 Å². The summed E-state index contributed by atoms with van der Waals surface area (Å²) in [6, 6.07) is 17.1. The molecule has 0 aromatic heterocycles. The van der Waals surface area contributed by atoms with Gasteiger partial charge in [0.25, 0.3) is 0 Å². The van der Waals surface area contributed by atoms with Crippen LogP contribution in [0.1, 0.15) is 11.1 Å². The van der Waals surface area contributed by atoms with Crippen molar-refractivity contribution in [1.29, 1.82) is 0 Å². The van der Waals surface area contributed by atoms with E-state index < -0.39 is 20.8 Å². The molecule has 2 radical (unpaired) electrons. The molecular formula is C22H20Br4Cl2SiZr. The number of halogens is 6. The molecule has 0 saturated heterocycles. The van der Waals surface area contributed by atoms with E-state index in [9.17, 15) is 0 Å². The Hall–Kier alpha value is 1.26. The fraction of sp³-hybridized carbons (Fsp3) is 0.182. The van der Waals surface area contributed by atoms with Gasteiger partial charge in [0.05, 0.1) is 0 Å². The number of fused-ring (bicyclic) bond motifs is 2. The minimum absolute atomic E-state index is 0.826. The molecule has 8 heteroatoms. The average Bonchev–Trinajstić information content (AvgIpc) is 3.18. The standard InChI is InChI=1S/2C10H7Br2.C2H6Si.2ClH.Zr/c2*1-6-2-7-4-8(11)5-10(12)9(7)3-6;1-3-2;;;/h2*2-5H,1H3;1-2H3;2*1H;/q2*-1;;;;+4/p-2. The van der Waals surface area contributed by atoms with Gasteiger partial charge in [0.1, 0.15) is 0 Å². The second-order valence-electron chi connectivity index (χ2n) is 6.42. The Morgan fingerprint density at radius 1 is 0.700 bits per heavy atom. The van der Waals surface area contributed by atoms with Crippen LogP contribution in [0.2, 0.25) is 13.1 Å². The van der Waals surface area contributed by atoms with Gasteiger partial charge >= 0.3 is 37.9 Å². The fourth-order valence-corrected chi connectivity index (χ4v) is 5.53. The maximum atomic E-state index is 4.93. The van der Waals surface area contributed by atoms with Crippen LogP contribution in [0.4, 0.5) is 0 Å². The van der Waals surface area contributed by atoms with Crippen LogP contribution >= 0.6 is 80.7 Å². The molecule has 4 rings (SSSR count). The van der Waals surface area contributed by atoms with Crippen molar-refractivity contribution in [1.82, 2.24) is 0 Å². The van der Waals surface area contributed by atoms with Crippen molar-refractivity contribution in [3.63, 3.8) is 0 Å². The second kappa shape index (κ2) is 15.2. The van der Waals surface area contributed by atoms with Crippen molar-refractivity contribution in [2.24, 2.45) is 0 Å². The average molecular weight is 794 g/mol. The maximum absolute atomic E-state index is 4.93. The van der Waals surface area contributed by atoms with E-state index in [1.165, 1.54) is 32.7 Å². The van der Waals surface area contributed by atoms with Crippen LogP contribution < -0.4 is 0 Å². The number of hydrogen-bond donors (Lipinski definition) is 0. The van der Waals surface area contributed by atoms with Crippen LogP contribution in [0.15, 0.2) is 66.4 Å². The molecule has 0 nitrogen and oxygen atoms in total. The quantitative estimate of drug-likeness (QED) is 0.123. The summed E-state index contributed by atoms with van der Waals surface area (Å²) >= 11 is 13.2. The Bertz CT molecular complexity index is 990. The van der Waals surface area contributed by atoms with Crippen molar-refractivity contribution < 1.29 is 20.8 Å². The van der Waals surface area contributed by atoms with Crippen molar-refractivity contribution in [2.45, 2.75) is 26.9 Å². The van der Waals surface area contributed by atoms with Crippen LogP contribution in [-0.4, -0.2) is 9.52 Å². The van der Waals surface area contributed by atoms with Crippen LogP contribution in [-0.2, 0) is 20.8 Å². The Balaban J connectivity index is 0.000000239. The van der Waals surface area contributed by atoms with E-state index in [4.69, 9.17) is 17.0 Å². The van der Waals surface area contributed by atoms with Crippen molar-refractivity contribution in [2.75, 3.05) is 0 Å². The van der Waals surface area contributed by atoms with Gasteiger partial charge in [-0.25, -0.2) is 0 Å². The summed E-state index contributed by atoms with van der Waals surface area (Å²) in [6.45, 7) is 8.53. The Kier molecular flexibility index (Phi) is 14.9. The summed E-state index contributed by atoms with van der Waals surface area (Å²) in [5.41, 5.74) is 2.62. The molecule has 4 aromatic rings. The van der Waals surface area contributed by atoms with E-state index in [-0.39, 0.29) is 0 Å². The summed E-state index contributed by atoms with van der Waals surface area (Å²) in [5.74, 6) is 0. The SMILES string of the molecule is C[Si]C.Cc1cc2c(Br)cc(Br)cc2[cH-]1.Cc1cc2c(Br)cc(Br)cc2[cH-]1.[Cl][Zr+2][Cl]. The summed E-state index contributed by atoms with van der Waals surface area (Å²) in [6.07, 6.45) is 0. The molecule has 0 saturated carbocycles. The second-order valence-corrected chi connectivity index (χ2v) is 14.7. The first-order valence-corrected chi connectivity index (χ1v) is 20.3. The van der Waals surface area contributed by atoms with E-state index >= 15 is 0 Å². The van der Waals surface area contributed by atoms with Crippen molar-refractivity contribution in [3.8, 4) is 0 Å². The summed E-state index contributed by atoms with van der Waals surface area (Å²) in [7, 11) is 11.0. The zero-order valence-electron chi connectivity index (χ0n) is 16.9. The number of hydrogen-bond acceptors (Lipinski definition) is 0. The summed E-state index contributed by atoms with van der Waals surface area (Å²) in [4.78, 5) is 0. The Labute approximate surface area is 234 Å². The molecule has 0 fully saturated rings. The fourth-order valence-electron chi connectivity index (χ4n) is 2.78. The number of rotatable bonds is 0. The van der Waals surface area contributed by atoms with E-state index in [0.717, 1.165) is 27.4 Å². The van der Waals surface area contributed by atoms with Gasteiger partial charge in [-0.05, 0) is 17.9 Å². The molecule has 0 N–H and O–H groups in total. The third kappa shape index (κ3) is 9.63. The molecule has 4 aromatic carbocycles. The van der Waals surface area contributed by atoms with Gasteiger partial charge in [-0.15, -0.1) is 56.9 Å². The normalized spacial score (nSPS) is 9.67. The molecule has 0 unspecified atom stereocenters. The molecule has 0 bridgehead atoms. The van der Waals surface area contributed by atoms with Gasteiger partial charge in [0.15, 0.2) is 0 Å². The third-order valence-electron chi connectivity index (χ3n) is 3.76. The molecule has 30 heavy (non-hydrogen) atoms. The van der Waals surface area contributed by atoms with Gasteiger partial charge in [-0.1, -0.05) is 103 Å². The van der Waals surface area contributed by atoms with E-state index in [1.807, 2.05) is 0 Å². The molecule has 0 aliphatic heterocycles. The predicted molar refractivity (Wildman–Crippen MR) is 149 cm³/mol. The zero-order valence-corrected chi connectivity index (χ0v) is 28.2. The summed E-state index contributed by atoms with van der Waals surface area (Å²) < 4.78 is 4.54. The summed E-state index contributed by atoms with van der Waals surface area (Å²) in [5, 5.41) is 5.15. The first-order valence-electron chi connectivity index (χ1n) is 8.75. The van der Waals surface area contributed by atoms with Gasteiger partial charge in [-0.3, -0.25) is 0 Å². The molecule has 0 atom stereocenters. The van der Waals surface area contributed by atoms with E-state index in [0.29, 0.717) is 0 Å². The Morgan fingerprint density at radius 3 is 1.30 bits per heavy atom. The minimum atomic E-state index is -0.826. The molecule has 158 valence electrons. The molecule has 0 spiro atoms. The van der Waals surface area contributed by atoms with Gasteiger partial charge in [0, 0.05) is 9.52 Å². The molecule has 0 heterocycles. The zero-order chi connectivity index (χ0) is 22.8. The van der Waals surface area contributed by atoms with Gasteiger partial charge in [0.2, 0.25) is 0 Å². The van der Waals surface area contributed by atoms with Crippen LogP contribution in [0, 0.1) is 13.8 Å².